The van der Waals surface area contributed by atoms with Crippen molar-refractivity contribution in [1.29, 1.82) is 0 Å². The molecule has 112 valence electrons. The molecular weight excluding hydrogens is 280 g/mol. The average molecular weight is 296 g/mol. The van der Waals surface area contributed by atoms with E-state index in [-0.39, 0.29) is 24.1 Å². The van der Waals surface area contributed by atoms with Crippen LogP contribution >= 0.6 is 0 Å². The molecule has 0 aromatic heterocycles. The molecule has 0 bridgehead atoms. The SMILES string of the molecule is Cc1ccc2c(c1)C(=O)O[C@@H](c1ccccc1)[C@@H]2C.O=C=O. The first-order valence-corrected chi connectivity index (χ1v) is 6.94. The second-order valence-electron chi connectivity index (χ2n) is 5.20. The number of aryl methyl sites for hydroxylation is 1. The summed E-state index contributed by atoms with van der Waals surface area (Å²) in [6.07, 6.45) is 0.0592. The van der Waals surface area contributed by atoms with Gasteiger partial charge in [-0.1, -0.05) is 55.0 Å². The molecule has 0 unspecified atom stereocenters. The molecule has 0 fully saturated rings. The van der Waals surface area contributed by atoms with E-state index in [2.05, 4.69) is 13.0 Å². The van der Waals surface area contributed by atoms with Crippen LogP contribution in [0.25, 0.3) is 0 Å². The number of esters is 1. The fraction of sp³-hybridized carbons (Fsp3) is 0.222. The zero-order valence-electron chi connectivity index (χ0n) is 12.4. The fourth-order valence-electron chi connectivity index (χ4n) is 2.69. The van der Waals surface area contributed by atoms with Gasteiger partial charge in [0.2, 0.25) is 0 Å². The van der Waals surface area contributed by atoms with Gasteiger partial charge in [-0.25, -0.2) is 4.79 Å². The van der Waals surface area contributed by atoms with E-state index >= 15 is 0 Å². The van der Waals surface area contributed by atoms with Crippen LogP contribution in [0, 0.1) is 6.92 Å². The second-order valence-corrected chi connectivity index (χ2v) is 5.20. The molecule has 22 heavy (non-hydrogen) atoms. The van der Waals surface area contributed by atoms with Crippen molar-refractivity contribution in [2.75, 3.05) is 0 Å². The number of carbonyl (C=O) groups is 1. The summed E-state index contributed by atoms with van der Waals surface area (Å²) in [6, 6.07) is 15.9. The summed E-state index contributed by atoms with van der Waals surface area (Å²) in [5.41, 5.74) is 3.92. The van der Waals surface area contributed by atoms with Gasteiger partial charge in [-0.2, -0.15) is 9.59 Å². The Balaban J connectivity index is 0.000000545. The van der Waals surface area contributed by atoms with E-state index in [1.165, 1.54) is 0 Å². The highest BCUT2D eigenvalue weighted by Crippen LogP contribution is 2.40. The first kappa shape index (κ1) is 15.7. The zero-order valence-corrected chi connectivity index (χ0v) is 12.4. The molecule has 2 aromatic carbocycles. The van der Waals surface area contributed by atoms with Crippen LogP contribution in [0.3, 0.4) is 0 Å². The molecule has 3 rings (SSSR count). The Hall–Kier alpha value is -2.71. The van der Waals surface area contributed by atoms with Gasteiger partial charge in [-0.15, -0.1) is 0 Å². The van der Waals surface area contributed by atoms with Crippen molar-refractivity contribution in [3.05, 3.63) is 70.8 Å². The molecule has 2 atom stereocenters. The Bertz CT molecular complexity index is 700. The van der Waals surface area contributed by atoms with Crippen molar-refractivity contribution >= 4 is 12.1 Å². The lowest BCUT2D eigenvalue weighted by atomic mass is 9.85. The number of fused-ring (bicyclic) bond motifs is 1. The highest BCUT2D eigenvalue weighted by Gasteiger charge is 2.33. The number of hydrogen-bond donors (Lipinski definition) is 0. The van der Waals surface area contributed by atoms with Gasteiger partial charge in [0.05, 0.1) is 5.56 Å². The van der Waals surface area contributed by atoms with Crippen LogP contribution in [0.1, 0.15) is 46.0 Å². The molecule has 4 heteroatoms. The number of carbonyl (C=O) groups excluding carboxylic acids is 3. The molecule has 0 saturated heterocycles. The number of benzene rings is 2. The standard InChI is InChI=1S/C17H16O2.CO2/c1-11-8-9-14-12(2)16(13-6-4-3-5-7-13)19-17(18)15(14)10-11;2-1-3/h3-10,12,16H,1-2H3;/t12-,16-;/m1./s1. The third-order valence-corrected chi connectivity index (χ3v) is 3.74. The van der Waals surface area contributed by atoms with Crippen molar-refractivity contribution in [3.8, 4) is 0 Å². The minimum Gasteiger partial charge on any atom is -0.453 e. The van der Waals surface area contributed by atoms with E-state index in [9.17, 15) is 4.79 Å². The van der Waals surface area contributed by atoms with Crippen LogP contribution in [-0.4, -0.2) is 12.1 Å². The fourth-order valence-corrected chi connectivity index (χ4v) is 2.69. The highest BCUT2D eigenvalue weighted by molar-refractivity contribution is 5.93. The van der Waals surface area contributed by atoms with Gasteiger partial charge < -0.3 is 4.74 Å². The lowest BCUT2D eigenvalue weighted by Gasteiger charge is -2.31. The lowest BCUT2D eigenvalue weighted by molar-refractivity contribution is -0.191. The van der Waals surface area contributed by atoms with Crippen LogP contribution in [0.15, 0.2) is 48.5 Å². The zero-order chi connectivity index (χ0) is 16.1. The molecule has 4 nitrogen and oxygen atoms in total. The van der Waals surface area contributed by atoms with E-state index in [1.54, 1.807) is 0 Å². The minimum absolute atomic E-state index is 0.177. The van der Waals surface area contributed by atoms with Crippen LogP contribution in [0.4, 0.5) is 0 Å². The van der Waals surface area contributed by atoms with Crippen LogP contribution in [0.2, 0.25) is 0 Å². The normalized spacial score (nSPS) is 19.1. The highest BCUT2D eigenvalue weighted by atomic mass is 16.5. The molecule has 0 saturated carbocycles. The van der Waals surface area contributed by atoms with E-state index in [4.69, 9.17) is 14.3 Å². The van der Waals surface area contributed by atoms with E-state index < -0.39 is 0 Å². The average Bonchev–Trinajstić information content (AvgIpc) is 2.52. The number of ether oxygens (including phenoxy) is 1. The summed E-state index contributed by atoms with van der Waals surface area (Å²) in [5, 5.41) is 0. The van der Waals surface area contributed by atoms with Gasteiger partial charge in [0.1, 0.15) is 6.10 Å². The van der Waals surface area contributed by atoms with Gasteiger partial charge in [-0.3, -0.25) is 0 Å². The largest absolute Gasteiger partial charge is 0.453 e. The van der Waals surface area contributed by atoms with Gasteiger partial charge in [-0.05, 0) is 24.1 Å². The smallest absolute Gasteiger partial charge is 0.373 e. The third-order valence-electron chi connectivity index (χ3n) is 3.74. The van der Waals surface area contributed by atoms with Gasteiger partial charge in [0.15, 0.2) is 0 Å². The van der Waals surface area contributed by atoms with Crippen LogP contribution in [-0.2, 0) is 14.3 Å². The van der Waals surface area contributed by atoms with Crippen LogP contribution in [0.5, 0.6) is 0 Å². The lowest BCUT2D eigenvalue weighted by Crippen LogP contribution is -2.25. The summed E-state index contributed by atoms with van der Waals surface area (Å²) >= 11 is 0. The molecule has 1 aliphatic heterocycles. The second kappa shape index (κ2) is 6.83. The molecule has 0 aliphatic carbocycles. The van der Waals surface area contributed by atoms with Gasteiger partial charge in [0.25, 0.3) is 0 Å². The van der Waals surface area contributed by atoms with Gasteiger partial charge >= 0.3 is 12.1 Å². The first-order chi connectivity index (χ1) is 10.6. The summed E-state index contributed by atoms with van der Waals surface area (Å²) in [4.78, 5) is 28.4. The maximum atomic E-state index is 12.1. The molecular formula is C18H16O4. The molecule has 0 N–H and O–H groups in total. The summed E-state index contributed by atoms with van der Waals surface area (Å²) in [7, 11) is 0. The number of hydrogen-bond acceptors (Lipinski definition) is 4. The predicted octanol–water partition coefficient (Wildman–Crippen LogP) is 3.43. The van der Waals surface area contributed by atoms with Crippen molar-refractivity contribution in [1.82, 2.24) is 0 Å². The molecule has 1 heterocycles. The third kappa shape index (κ3) is 3.13. The maximum absolute atomic E-state index is 12.1. The van der Waals surface area contributed by atoms with Crippen molar-refractivity contribution in [2.45, 2.75) is 25.9 Å². The number of rotatable bonds is 1. The van der Waals surface area contributed by atoms with E-state index in [0.717, 1.165) is 16.7 Å². The quantitative estimate of drug-likeness (QED) is 0.756. The van der Waals surface area contributed by atoms with E-state index in [0.29, 0.717) is 5.56 Å². The minimum atomic E-state index is -0.217. The van der Waals surface area contributed by atoms with Crippen molar-refractivity contribution < 1.29 is 19.1 Å². The Morgan fingerprint density at radius 2 is 1.68 bits per heavy atom. The Labute approximate surface area is 128 Å². The van der Waals surface area contributed by atoms with E-state index in [1.807, 2.05) is 49.4 Å². The Morgan fingerprint density at radius 1 is 1.05 bits per heavy atom. The Kier molecular flexibility index (Phi) is 4.87. The summed E-state index contributed by atoms with van der Waals surface area (Å²) < 4.78 is 5.63. The summed E-state index contributed by atoms with van der Waals surface area (Å²) in [6.45, 7) is 4.10. The molecule has 2 aromatic rings. The van der Waals surface area contributed by atoms with Crippen molar-refractivity contribution in [3.63, 3.8) is 0 Å². The number of cyclic esters (lactones) is 1. The molecule has 0 radical (unpaired) electrons. The molecule has 1 aliphatic rings. The topological polar surface area (TPSA) is 60.4 Å². The maximum Gasteiger partial charge on any atom is 0.373 e. The monoisotopic (exact) mass is 296 g/mol. The van der Waals surface area contributed by atoms with Crippen LogP contribution < -0.4 is 0 Å². The molecule has 0 spiro atoms. The Morgan fingerprint density at radius 3 is 2.32 bits per heavy atom. The predicted molar refractivity (Wildman–Crippen MR) is 79.2 cm³/mol. The molecule has 0 amide bonds. The van der Waals surface area contributed by atoms with Crippen molar-refractivity contribution in [2.24, 2.45) is 0 Å². The summed E-state index contributed by atoms with van der Waals surface area (Å²) in [5.74, 6) is -0.0404. The van der Waals surface area contributed by atoms with Gasteiger partial charge in [0, 0.05) is 5.92 Å². The first-order valence-electron chi connectivity index (χ1n) is 6.94.